The number of fused-ring (bicyclic) bond motifs is 2. The van der Waals surface area contributed by atoms with Gasteiger partial charge < -0.3 is 75.4 Å². The summed E-state index contributed by atoms with van der Waals surface area (Å²) in [5.74, 6) is -11.3. The summed E-state index contributed by atoms with van der Waals surface area (Å²) < 4.78 is 81.9. The number of aliphatic carboxylic acids is 3. The van der Waals surface area contributed by atoms with Crippen LogP contribution in [-0.2, 0) is 87.0 Å². The highest BCUT2D eigenvalue weighted by Crippen LogP contribution is 2.58. The summed E-state index contributed by atoms with van der Waals surface area (Å²) in [6.07, 6.45) is 3.97. The third-order valence-electron chi connectivity index (χ3n) is 20.6. The smallest absolute Gasteiger partial charge is 0.323 e. The molecule has 17 atom stereocenters. The van der Waals surface area contributed by atoms with E-state index in [9.17, 15) is 74.7 Å². The number of nitrogens with two attached hydrogens (primary N) is 1. The molecule has 6 fully saturated rings. The second-order valence-electron chi connectivity index (χ2n) is 34.6. The van der Waals surface area contributed by atoms with E-state index in [0.717, 1.165) is 32.7 Å². The Morgan fingerprint density at radius 1 is 0.592 bits per heavy atom. The number of hydrogen-bond donors (Lipinski definition) is 11. The first-order valence-corrected chi connectivity index (χ1v) is 42.7. The zero-order valence-electron chi connectivity index (χ0n) is 70.6. The van der Waals surface area contributed by atoms with Crippen LogP contribution >= 0.6 is 0 Å². The Balaban J connectivity index is 0.000000267. The normalized spacial score (nSPS) is 23.6. The number of nitrogens with one attached hydrogen (secondary N) is 3. The summed E-state index contributed by atoms with van der Waals surface area (Å²) in [6.45, 7) is 32.6. The lowest BCUT2D eigenvalue weighted by atomic mass is 9.90. The molecule has 12 N–H and O–H groups in total. The second-order valence-corrected chi connectivity index (χ2v) is 38.5. The number of Topliss-reactive ketones (excluding diaryl/α,β-unsaturated/α-hetero) is 2. The summed E-state index contributed by atoms with van der Waals surface area (Å²) >= 11 is 0. The number of carboxylic acid groups (broad SMARTS) is 3. The van der Waals surface area contributed by atoms with Gasteiger partial charge in [0.25, 0.3) is 15.3 Å². The number of nitrogens with zero attached hydrogens (tertiary/aromatic N) is 3. The molecule has 662 valence electrons. The van der Waals surface area contributed by atoms with Gasteiger partial charge in [0.2, 0.25) is 39.5 Å². The number of hydrogen-bond acceptors (Lipinski definition) is 28. The fraction of sp³-hybridized carbons (Fsp3) is 0.595. The van der Waals surface area contributed by atoms with Crippen LogP contribution in [-0.4, -0.2) is 228 Å². The number of amides is 3. The van der Waals surface area contributed by atoms with Gasteiger partial charge in [-0.2, -0.15) is 0 Å². The number of allylic oxidation sites excluding steroid dienone is 2. The van der Waals surface area contributed by atoms with Gasteiger partial charge in [0.15, 0.2) is 11.6 Å². The Bertz CT molecular complexity index is 4610. The number of rotatable bonds is 32. The van der Waals surface area contributed by atoms with Crippen molar-refractivity contribution in [1.29, 1.82) is 0 Å². The maximum absolute atomic E-state index is 14.2. The molecule has 4 saturated carbocycles. The predicted molar refractivity (Wildman–Crippen MR) is 438 cm³/mol. The van der Waals surface area contributed by atoms with E-state index < -0.39 is 196 Å². The van der Waals surface area contributed by atoms with Crippen molar-refractivity contribution >= 4 is 107 Å². The zero-order chi connectivity index (χ0) is 90.4. The molecule has 2 saturated heterocycles. The molecule has 10 rings (SSSR count). The van der Waals surface area contributed by atoms with E-state index in [1.165, 1.54) is 38.7 Å². The van der Waals surface area contributed by atoms with Crippen molar-refractivity contribution in [3.63, 3.8) is 0 Å². The lowest BCUT2D eigenvalue weighted by Crippen LogP contribution is -2.48. The van der Waals surface area contributed by atoms with Crippen molar-refractivity contribution in [2.75, 3.05) is 13.1 Å². The lowest BCUT2D eigenvalue weighted by Gasteiger charge is -2.30. The van der Waals surface area contributed by atoms with Gasteiger partial charge in [0.1, 0.15) is 47.9 Å². The predicted octanol–water partition coefficient (Wildman–Crippen LogP) is 5.99. The molecule has 34 nitrogen and oxygen atoms in total. The number of carbonyl (C=O) groups is 11. The van der Waals surface area contributed by atoms with E-state index in [0.29, 0.717) is 50.4 Å². The molecular formula is C84H118N7O27S2+. The summed E-state index contributed by atoms with van der Waals surface area (Å²) in [6, 6.07) is 13.0. The number of likely N-dealkylation sites (tertiary alicyclic amines) is 1. The summed E-state index contributed by atoms with van der Waals surface area (Å²) in [5.41, 5.74) is 2.66. The summed E-state index contributed by atoms with van der Waals surface area (Å²) in [7, 11) is -7.58. The molecule has 4 heterocycles. The molecule has 36 heteroatoms. The monoisotopic (exact) mass is 1720 g/mol. The van der Waals surface area contributed by atoms with Crippen LogP contribution in [0, 0.1) is 60.7 Å². The van der Waals surface area contributed by atoms with Crippen molar-refractivity contribution in [1.82, 2.24) is 29.6 Å². The van der Waals surface area contributed by atoms with Crippen LogP contribution in [0.2, 0.25) is 0 Å². The third kappa shape index (κ3) is 28.8. The Labute approximate surface area is 699 Å². The van der Waals surface area contributed by atoms with Crippen LogP contribution in [0.3, 0.4) is 0 Å². The van der Waals surface area contributed by atoms with Gasteiger partial charge in [0, 0.05) is 55.4 Å². The highest BCUT2D eigenvalue weighted by atomic mass is 32.2. The van der Waals surface area contributed by atoms with Gasteiger partial charge in [-0.05, 0) is 176 Å². The van der Waals surface area contributed by atoms with Gasteiger partial charge in [-0.3, -0.25) is 57.5 Å². The summed E-state index contributed by atoms with van der Waals surface area (Å²) in [4.78, 5) is 144. The molecule has 120 heavy (non-hydrogen) atoms. The molecular weight excluding hydrogens is 1600 g/mol. The molecule has 0 bridgehead atoms. The number of pyridine rings is 2. The van der Waals surface area contributed by atoms with Crippen LogP contribution in [0.5, 0.6) is 11.8 Å². The minimum absolute atomic E-state index is 0.0321. The average Bonchev–Trinajstić information content (AvgIpc) is 1.58. The molecule has 2 aromatic carbocycles. The Morgan fingerprint density at radius 2 is 0.992 bits per heavy atom. The van der Waals surface area contributed by atoms with Crippen LogP contribution in [0.4, 0.5) is 0 Å². The topological polar surface area (TPSA) is 535 Å². The highest BCUT2D eigenvalue weighted by molar-refractivity contribution is 7.91. The van der Waals surface area contributed by atoms with Crippen molar-refractivity contribution in [3.05, 3.63) is 104 Å². The van der Waals surface area contributed by atoms with E-state index in [2.05, 4.69) is 44.0 Å². The summed E-state index contributed by atoms with van der Waals surface area (Å²) in [5, 5.41) is 68.5. The molecule has 4 aromatic rings. The quantitative estimate of drug-likeness (QED) is 0.0116. The van der Waals surface area contributed by atoms with E-state index in [1.54, 1.807) is 87.2 Å². The maximum atomic E-state index is 14.2. The first-order valence-electron chi connectivity index (χ1n) is 39.6. The zero-order valence-corrected chi connectivity index (χ0v) is 72.2. The number of ketones is 2. The Hall–Kier alpha value is -9.56. The lowest BCUT2D eigenvalue weighted by molar-refractivity contribution is -0.162. The number of benzene rings is 2. The van der Waals surface area contributed by atoms with E-state index in [-0.39, 0.29) is 62.9 Å². The number of aliphatic hydroxyl groups is 4. The van der Waals surface area contributed by atoms with Crippen LogP contribution in [0.1, 0.15) is 178 Å². The van der Waals surface area contributed by atoms with Gasteiger partial charge in [-0.25, -0.2) is 31.5 Å². The first kappa shape index (κ1) is 99.3. The number of aryl methyl sites for hydroxylation is 2. The van der Waals surface area contributed by atoms with Gasteiger partial charge in [-0.1, -0.05) is 47.5 Å². The highest BCUT2D eigenvalue weighted by Gasteiger charge is 2.63. The average molecular weight is 1720 g/mol. The standard InChI is InChI=1S/C35H45N3O9S.C25H27N3O5S.2C10H18O5.C4H9NO3/c1-7-23-17-35(23,33(43)37-48(44,45)25-9-10-25)18-29(40)28-15-24(46-31-26-11-8-20(2)14-22(26)12-13-36-31)19-38(28)32(42)27(21(3)39)16-30(41)47-34(4,5)6;1-3-17-12-25(17,24(30)28-34(31,32)19-5-6-19)13-22(29)21-11-18(14-27-21)33-23-20-7-4-15(2)10-16(20)8-9-26-23;2*1-6(11)7(9(13)14)5-8(12)15-10(2,3)4;1-2(6)3(5)4(7)8/h7-8,11-14,21,23-25,27-28,39H,1,9-10,15-19H2,2-6H3,(H,37,43);3-5,7-10,17-19,21,27H,1,6,11-14H2,2H3;2*6-7,11H,5H2,1-4H3,(H,13,14);2-3,6H,5H2,1H3,(H,7,8)/p+1/t21-,23+,24+,27?,28-,35+;17-,18-,19?,21+,25-;2*6-,7?;2-,3?/m01000/s1. The van der Waals surface area contributed by atoms with Crippen LogP contribution in [0.15, 0.2) is 86.2 Å². The fourth-order valence-electron chi connectivity index (χ4n) is 13.6. The molecule has 3 amide bonds. The Kier molecular flexibility index (Phi) is 33.8. The largest absolute Gasteiger partial charge is 0.481 e. The first-order chi connectivity index (χ1) is 55.5. The van der Waals surface area contributed by atoms with Crippen LogP contribution < -0.4 is 30.0 Å². The molecule has 5 unspecified atom stereocenters. The van der Waals surface area contributed by atoms with Gasteiger partial charge >= 0.3 is 35.8 Å². The van der Waals surface area contributed by atoms with Crippen LogP contribution in [0.25, 0.3) is 21.5 Å². The molecule has 2 aliphatic heterocycles. The molecule has 0 radical (unpaired) electrons. The van der Waals surface area contributed by atoms with E-state index in [4.69, 9.17) is 60.1 Å². The van der Waals surface area contributed by atoms with E-state index >= 15 is 0 Å². The van der Waals surface area contributed by atoms with Crippen molar-refractivity contribution < 1.29 is 129 Å². The number of ether oxygens (including phenoxy) is 5. The molecule has 2 aromatic heterocycles. The minimum atomic E-state index is -3.86. The maximum Gasteiger partial charge on any atom is 0.323 e. The Morgan fingerprint density at radius 3 is 1.34 bits per heavy atom. The van der Waals surface area contributed by atoms with E-state index in [1.807, 2.05) is 56.3 Å². The number of aromatic nitrogens is 2. The number of aliphatic hydroxyl groups excluding tert-OH is 4. The van der Waals surface area contributed by atoms with Gasteiger partial charge in [0.05, 0.1) is 96.1 Å². The second kappa shape index (κ2) is 40.9. The minimum Gasteiger partial charge on any atom is -0.481 e. The molecule has 0 spiro atoms. The van der Waals surface area contributed by atoms with Crippen molar-refractivity contribution in [2.45, 2.75) is 263 Å². The SMILES string of the molecule is C=C[C@@H]1C[C@]1(CC(=O)[C@@H]1C[C@@H](Oc2nccc3cc(C)ccc23)CN1)C(=O)NS(=O)(=O)C1[CH+]C1.C=C[C@@H]1C[C@]1(CC(=O)[C@@H]1C[C@@H](Oc2nccc3cc(C)ccc23)CN1C(=O)C(CC(=O)OC(C)(C)C)[C@H](C)O)C(=O)NS(=O)(=O)C1CC1.C[C@H](O)C(CC(=O)OC(C)(C)C)C(=O)O.C[C@H](O)C(CC(=O)OC(C)(C)C)C(=O)O.C[C@H](O)C(N)C(=O)O. The third-order valence-corrected chi connectivity index (χ3v) is 24.1. The van der Waals surface area contributed by atoms with Crippen molar-refractivity contribution in [2.24, 2.45) is 46.2 Å². The molecule has 4 aliphatic carbocycles. The molecule has 6 aliphatic rings. The van der Waals surface area contributed by atoms with Gasteiger partial charge in [-0.15, -0.1) is 13.2 Å². The number of esters is 3. The van der Waals surface area contributed by atoms with Crippen molar-refractivity contribution in [3.8, 4) is 11.8 Å². The number of carbonyl (C=O) groups excluding carboxylic acids is 8. The fourth-order valence-corrected chi connectivity index (χ4v) is 16.2. The number of sulfonamides is 2. The number of carboxylic acids is 3.